The van der Waals surface area contributed by atoms with Crippen LogP contribution in [-0.4, -0.2) is 14.4 Å². The maximum Gasteiger partial charge on any atom is 0.234 e. The van der Waals surface area contributed by atoms with Gasteiger partial charge in [0.1, 0.15) is 5.82 Å². The summed E-state index contributed by atoms with van der Waals surface area (Å²) in [6, 6.07) is 14.4. The number of nitrogens with two attached hydrogens (primary N) is 1. The van der Waals surface area contributed by atoms with Crippen molar-refractivity contribution in [3.05, 3.63) is 72.9 Å². The second-order valence-electron chi connectivity index (χ2n) is 5.28. The number of hydrogen-bond acceptors (Lipinski definition) is 3. The van der Waals surface area contributed by atoms with Crippen LogP contribution in [0.25, 0.3) is 28.2 Å². The normalized spacial score (nSPS) is 11.0. The maximum atomic E-state index is 14.0. The lowest BCUT2D eigenvalue weighted by Gasteiger charge is -2.01. The lowest BCUT2D eigenvalue weighted by atomic mass is 10.1. The zero-order valence-corrected chi connectivity index (χ0v) is 12.1. The van der Waals surface area contributed by atoms with E-state index in [-0.39, 0.29) is 5.82 Å². The highest BCUT2D eigenvalue weighted by molar-refractivity contribution is 5.68. The van der Waals surface area contributed by atoms with Crippen molar-refractivity contribution in [1.29, 1.82) is 0 Å². The van der Waals surface area contributed by atoms with Gasteiger partial charge in [0, 0.05) is 35.4 Å². The van der Waals surface area contributed by atoms with Crippen LogP contribution in [-0.2, 0) is 0 Å². The highest BCUT2D eigenvalue weighted by Gasteiger charge is 2.11. The first-order valence-electron chi connectivity index (χ1n) is 7.16. The minimum absolute atomic E-state index is 0.356. The molecule has 112 valence electrons. The summed E-state index contributed by atoms with van der Waals surface area (Å²) in [5.41, 5.74) is 9.15. The number of aromatic nitrogens is 3. The lowest BCUT2D eigenvalue weighted by Crippen LogP contribution is -1.89. The van der Waals surface area contributed by atoms with Crippen LogP contribution in [0, 0.1) is 5.82 Å². The number of hydrogen-bond donors (Lipinski definition) is 1. The van der Waals surface area contributed by atoms with Crippen LogP contribution in [0.1, 0.15) is 0 Å². The SMILES string of the molecule is Nc1ccc(F)c(-c2cn3cc(-c4ccccc4)cnc3n2)c1. The van der Waals surface area contributed by atoms with E-state index in [2.05, 4.69) is 9.97 Å². The van der Waals surface area contributed by atoms with Crippen molar-refractivity contribution in [3.8, 4) is 22.4 Å². The smallest absolute Gasteiger partial charge is 0.234 e. The average Bonchev–Trinajstić information content (AvgIpc) is 3.00. The zero-order valence-electron chi connectivity index (χ0n) is 12.1. The van der Waals surface area contributed by atoms with Crippen molar-refractivity contribution in [2.24, 2.45) is 0 Å². The Morgan fingerprint density at radius 1 is 0.957 bits per heavy atom. The van der Waals surface area contributed by atoms with Crippen LogP contribution in [0.4, 0.5) is 10.1 Å². The molecular formula is C18H13FN4. The Balaban J connectivity index is 1.84. The second kappa shape index (κ2) is 5.21. The molecule has 0 aliphatic carbocycles. The number of nitrogen functional groups attached to an aromatic ring is 1. The summed E-state index contributed by atoms with van der Waals surface area (Å²) < 4.78 is 15.8. The predicted octanol–water partition coefficient (Wildman–Crippen LogP) is 3.78. The summed E-state index contributed by atoms with van der Waals surface area (Å²) in [6.45, 7) is 0. The highest BCUT2D eigenvalue weighted by atomic mass is 19.1. The highest BCUT2D eigenvalue weighted by Crippen LogP contribution is 2.25. The van der Waals surface area contributed by atoms with Crippen molar-refractivity contribution >= 4 is 11.5 Å². The van der Waals surface area contributed by atoms with Gasteiger partial charge in [0.2, 0.25) is 5.78 Å². The molecular weight excluding hydrogens is 291 g/mol. The van der Waals surface area contributed by atoms with Gasteiger partial charge in [0.15, 0.2) is 0 Å². The van der Waals surface area contributed by atoms with E-state index in [1.54, 1.807) is 22.9 Å². The monoisotopic (exact) mass is 304 g/mol. The first-order chi connectivity index (χ1) is 11.2. The molecule has 0 fully saturated rings. The number of nitrogens with zero attached hydrogens (tertiary/aromatic N) is 3. The van der Waals surface area contributed by atoms with Gasteiger partial charge in [-0.05, 0) is 23.8 Å². The third-order valence-corrected chi connectivity index (χ3v) is 3.68. The Morgan fingerprint density at radius 2 is 1.78 bits per heavy atom. The molecule has 0 bridgehead atoms. The molecule has 4 rings (SSSR count). The Bertz CT molecular complexity index is 993. The number of halogens is 1. The molecule has 2 aromatic heterocycles. The number of anilines is 1. The van der Waals surface area contributed by atoms with Crippen LogP contribution in [0.2, 0.25) is 0 Å². The van der Waals surface area contributed by atoms with E-state index in [1.807, 2.05) is 36.5 Å². The molecule has 0 saturated carbocycles. The lowest BCUT2D eigenvalue weighted by molar-refractivity contribution is 0.631. The van der Waals surface area contributed by atoms with Crippen LogP contribution in [0.3, 0.4) is 0 Å². The van der Waals surface area contributed by atoms with E-state index < -0.39 is 0 Å². The number of benzene rings is 2. The van der Waals surface area contributed by atoms with Gasteiger partial charge in [-0.2, -0.15) is 0 Å². The van der Waals surface area contributed by atoms with E-state index in [9.17, 15) is 4.39 Å². The quantitative estimate of drug-likeness (QED) is 0.573. The summed E-state index contributed by atoms with van der Waals surface area (Å²) in [5.74, 6) is 0.160. The third-order valence-electron chi connectivity index (χ3n) is 3.68. The van der Waals surface area contributed by atoms with Crippen LogP contribution < -0.4 is 5.73 Å². The number of imidazole rings is 1. The van der Waals surface area contributed by atoms with Crippen LogP contribution in [0.5, 0.6) is 0 Å². The largest absolute Gasteiger partial charge is 0.399 e. The van der Waals surface area contributed by atoms with Gasteiger partial charge in [-0.3, -0.25) is 4.40 Å². The van der Waals surface area contributed by atoms with Gasteiger partial charge in [0.25, 0.3) is 0 Å². The van der Waals surface area contributed by atoms with Gasteiger partial charge < -0.3 is 5.73 Å². The van der Waals surface area contributed by atoms with Gasteiger partial charge in [0.05, 0.1) is 5.69 Å². The molecule has 0 radical (unpaired) electrons. The molecule has 4 nitrogen and oxygen atoms in total. The zero-order chi connectivity index (χ0) is 15.8. The summed E-state index contributed by atoms with van der Waals surface area (Å²) in [7, 11) is 0. The molecule has 0 unspecified atom stereocenters. The molecule has 0 spiro atoms. The van der Waals surface area contributed by atoms with Gasteiger partial charge in [-0.1, -0.05) is 30.3 Å². The Kier molecular flexibility index (Phi) is 3.05. The molecule has 2 N–H and O–H groups in total. The number of rotatable bonds is 2. The minimum Gasteiger partial charge on any atom is -0.399 e. The summed E-state index contributed by atoms with van der Waals surface area (Å²) in [5, 5.41) is 0. The molecule has 0 atom stereocenters. The van der Waals surface area contributed by atoms with Gasteiger partial charge in [-0.25, -0.2) is 14.4 Å². The van der Waals surface area contributed by atoms with Crippen molar-refractivity contribution < 1.29 is 4.39 Å². The topological polar surface area (TPSA) is 56.2 Å². The molecule has 4 aromatic rings. The molecule has 2 heterocycles. The first-order valence-corrected chi connectivity index (χ1v) is 7.16. The van der Waals surface area contributed by atoms with E-state index in [0.29, 0.717) is 22.7 Å². The molecule has 5 heteroatoms. The molecule has 0 aliphatic rings. The average molecular weight is 304 g/mol. The van der Waals surface area contributed by atoms with Gasteiger partial charge in [-0.15, -0.1) is 0 Å². The fraction of sp³-hybridized carbons (Fsp3) is 0. The maximum absolute atomic E-state index is 14.0. The predicted molar refractivity (Wildman–Crippen MR) is 88.2 cm³/mol. The standard InChI is InChI=1S/C18H13FN4/c19-16-7-6-14(20)8-15(16)17-11-23-10-13(9-21-18(23)22-17)12-4-2-1-3-5-12/h1-11H,20H2. The minimum atomic E-state index is -0.356. The summed E-state index contributed by atoms with van der Waals surface area (Å²) >= 11 is 0. The van der Waals surface area contributed by atoms with Crippen molar-refractivity contribution in [2.45, 2.75) is 0 Å². The fourth-order valence-electron chi connectivity index (χ4n) is 2.53. The first kappa shape index (κ1) is 13.5. The summed E-state index contributed by atoms with van der Waals surface area (Å²) in [4.78, 5) is 8.73. The second-order valence-corrected chi connectivity index (χ2v) is 5.28. The third kappa shape index (κ3) is 2.42. The van der Waals surface area contributed by atoms with Crippen LogP contribution in [0.15, 0.2) is 67.1 Å². The van der Waals surface area contributed by atoms with Crippen LogP contribution >= 0.6 is 0 Å². The van der Waals surface area contributed by atoms with Crippen molar-refractivity contribution in [3.63, 3.8) is 0 Å². The van der Waals surface area contributed by atoms with E-state index >= 15 is 0 Å². The molecule has 0 aliphatic heterocycles. The van der Waals surface area contributed by atoms with Gasteiger partial charge >= 0.3 is 0 Å². The van der Waals surface area contributed by atoms with E-state index in [1.165, 1.54) is 12.1 Å². The van der Waals surface area contributed by atoms with Crippen molar-refractivity contribution in [2.75, 3.05) is 5.73 Å². The van der Waals surface area contributed by atoms with E-state index in [0.717, 1.165) is 11.1 Å². The Labute approximate surface area is 132 Å². The number of fused-ring (bicyclic) bond motifs is 1. The molecule has 0 amide bonds. The molecule has 23 heavy (non-hydrogen) atoms. The molecule has 0 saturated heterocycles. The fourth-order valence-corrected chi connectivity index (χ4v) is 2.53. The van der Waals surface area contributed by atoms with E-state index in [4.69, 9.17) is 5.73 Å². The Hall–Kier alpha value is -3.21. The Morgan fingerprint density at radius 3 is 2.61 bits per heavy atom. The molecule has 2 aromatic carbocycles. The van der Waals surface area contributed by atoms with Crippen molar-refractivity contribution in [1.82, 2.24) is 14.4 Å². The summed E-state index contributed by atoms with van der Waals surface area (Å²) in [6.07, 6.45) is 5.45.